The fourth-order valence-corrected chi connectivity index (χ4v) is 2.89. The van der Waals surface area contributed by atoms with Crippen LogP contribution in [0.15, 0.2) is 54.7 Å². The van der Waals surface area contributed by atoms with Gasteiger partial charge in [0.05, 0.1) is 23.8 Å². The van der Waals surface area contributed by atoms with Gasteiger partial charge in [-0.1, -0.05) is 24.3 Å². The van der Waals surface area contributed by atoms with Gasteiger partial charge in [-0.15, -0.1) is 0 Å². The highest BCUT2D eigenvalue weighted by molar-refractivity contribution is 5.84. The van der Waals surface area contributed by atoms with E-state index in [0.717, 1.165) is 39.5 Å². The van der Waals surface area contributed by atoms with Crippen molar-refractivity contribution in [1.29, 1.82) is 0 Å². The number of ether oxygens (including phenoxy) is 1. The summed E-state index contributed by atoms with van der Waals surface area (Å²) in [4.78, 5) is 9.51. The van der Waals surface area contributed by atoms with Crippen LogP contribution in [0.25, 0.3) is 27.9 Å². The second-order valence-corrected chi connectivity index (χ2v) is 5.72. The third kappa shape index (κ3) is 2.77. The van der Waals surface area contributed by atoms with Crippen molar-refractivity contribution in [3.05, 3.63) is 54.7 Å². The van der Waals surface area contributed by atoms with E-state index in [-0.39, 0.29) is 0 Å². The van der Waals surface area contributed by atoms with Crippen LogP contribution in [0.1, 0.15) is 0 Å². The number of benzene rings is 2. The van der Waals surface area contributed by atoms with Crippen LogP contribution in [0.4, 0.5) is 5.82 Å². The molecule has 2 heterocycles. The third-order valence-electron chi connectivity index (χ3n) is 4.09. The van der Waals surface area contributed by atoms with Crippen LogP contribution >= 0.6 is 0 Å². The first kappa shape index (κ1) is 15.4. The first-order valence-corrected chi connectivity index (χ1v) is 8.16. The lowest BCUT2D eigenvalue weighted by Crippen LogP contribution is -2.14. The maximum absolute atomic E-state index is 5.63. The van der Waals surface area contributed by atoms with Crippen molar-refractivity contribution in [3.8, 4) is 17.0 Å². The molecule has 0 radical (unpaired) electrons. The number of anilines is 1. The van der Waals surface area contributed by atoms with Gasteiger partial charge in [0.15, 0.2) is 11.5 Å². The molecule has 6 nitrogen and oxygen atoms in total. The Morgan fingerprint density at radius 2 is 2.00 bits per heavy atom. The number of hydrogen-bond acceptors (Lipinski definition) is 5. The average Bonchev–Trinajstić information content (AvgIpc) is 3.12. The van der Waals surface area contributed by atoms with Gasteiger partial charge in [0, 0.05) is 24.8 Å². The Balaban J connectivity index is 1.94. The van der Waals surface area contributed by atoms with Crippen LogP contribution in [0.5, 0.6) is 5.75 Å². The molecule has 0 spiro atoms. The molecule has 3 N–H and O–H groups in total. The van der Waals surface area contributed by atoms with Crippen molar-refractivity contribution < 1.29 is 4.74 Å². The first-order valence-electron chi connectivity index (χ1n) is 8.16. The SMILES string of the molecule is COc1cccc(-c2cn3c(n2)c(NCCN)nc2ccccc23)c1. The number of aromatic nitrogens is 3. The van der Waals surface area contributed by atoms with Crippen LogP contribution in [-0.2, 0) is 0 Å². The number of nitrogens with two attached hydrogens (primary N) is 1. The van der Waals surface area contributed by atoms with Gasteiger partial charge < -0.3 is 15.8 Å². The molecule has 0 aliphatic rings. The van der Waals surface area contributed by atoms with E-state index in [1.165, 1.54) is 0 Å². The standard InChI is InChI=1S/C19H19N5O/c1-25-14-6-4-5-13(11-14)16-12-24-17-8-3-2-7-15(17)22-18(19(24)23-16)21-10-9-20/h2-8,11-12H,9-10,20H2,1H3,(H,21,22). The summed E-state index contributed by atoms with van der Waals surface area (Å²) in [6.45, 7) is 1.17. The van der Waals surface area contributed by atoms with Crippen LogP contribution in [-0.4, -0.2) is 34.6 Å². The monoisotopic (exact) mass is 333 g/mol. The van der Waals surface area contributed by atoms with E-state index in [1.807, 2.05) is 54.7 Å². The van der Waals surface area contributed by atoms with Crippen molar-refractivity contribution in [2.75, 3.05) is 25.5 Å². The molecule has 0 aliphatic heterocycles. The van der Waals surface area contributed by atoms with E-state index >= 15 is 0 Å². The predicted octanol–water partition coefficient (Wildman–Crippen LogP) is 2.93. The summed E-state index contributed by atoms with van der Waals surface area (Å²) in [6.07, 6.45) is 2.03. The summed E-state index contributed by atoms with van der Waals surface area (Å²) in [5.41, 5.74) is 10.2. The quantitative estimate of drug-likeness (QED) is 0.587. The van der Waals surface area contributed by atoms with E-state index in [2.05, 4.69) is 9.72 Å². The summed E-state index contributed by atoms with van der Waals surface area (Å²) in [5, 5.41) is 3.27. The van der Waals surface area contributed by atoms with Crippen molar-refractivity contribution in [3.63, 3.8) is 0 Å². The number of nitrogens with one attached hydrogen (secondary N) is 1. The number of nitrogens with zero attached hydrogens (tertiary/aromatic N) is 3. The molecule has 0 saturated carbocycles. The minimum absolute atomic E-state index is 0.532. The smallest absolute Gasteiger partial charge is 0.181 e. The minimum Gasteiger partial charge on any atom is -0.497 e. The molecule has 0 fully saturated rings. The molecular formula is C19H19N5O. The topological polar surface area (TPSA) is 77.5 Å². The van der Waals surface area contributed by atoms with Gasteiger partial charge in [-0.3, -0.25) is 4.40 Å². The lowest BCUT2D eigenvalue weighted by atomic mass is 10.1. The molecule has 0 unspecified atom stereocenters. The molecule has 2 aromatic heterocycles. The minimum atomic E-state index is 0.532. The number of rotatable bonds is 5. The van der Waals surface area contributed by atoms with Gasteiger partial charge >= 0.3 is 0 Å². The molecule has 4 rings (SSSR count). The molecule has 0 bridgehead atoms. The number of imidazole rings is 1. The van der Waals surface area contributed by atoms with Crippen LogP contribution in [0.2, 0.25) is 0 Å². The summed E-state index contributed by atoms with van der Waals surface area (Å²) in [5.74, 6) is 1.54. The highest BCUT2D eigenvalue weighted by Gasteiger charge is 2.13. The molecular weight excluding hydrogens is 314 g/mol. The Labute approximate surface area is 145 Å². The van der Waals surface area contributed by atoms with Gasteiger partial charge in [0.1, 0.15) is 5.75 Å². The van der Waals surface area contributed by atoms with Gasteiger partial charge in [-0.05, 0) is 24.3 Å². The van der Waals surface area contributed by atoms with Crippen molar-refractivity contribution in [2.45, 2.75) is 0 Å². The van der Waals surface area contributed by atoms with E-state index in [1.54, 1.807) is 7.11 Å². The second-order valence-electron chi connectivity index (χ2n) is 5.72. The summed E-state index contributed by atoms with van der Waals surface area (Å²) < 4.78 is 7.39. The number of fused-ring (bicyclic) bond motifs is 3. The van der Waals surface area contributed by atoms with Crippen molar-refractivity contribution in [1.82, 2.24) is 14.4 Å². The predicted molar refractivity (Wildman–Crippen MR) is 100 cm³/mol. The molecule has 25 heavy (non-hydrogen) atoms. The first-order chi connectivity index (χ1) is 12.3. The zero-order valence-electron chi connectivity index (χ0n) is 13.9. The van der Waals surface area contributed by atoms with Crippen molar-refractivity contribution in [2.24, 2.45) is 5.73 Å². The Hall–Kier alpha value is -3.12. The Morgan fingerprint density at radius 3 is 2.84 bits per heavy atom. The molecule has 0 atom stereocenters. The maximum Gasteiger partial charge on any atom is 0.181 e. The highest BCUT2D eigenvalue weighted by atomic mass is 16.5. The molecule has 6 heteroatoms. The summed E-state index contributed by atoms with van der Waals surface area (Å²) in [6, 6.07) is 15.9. The van der Waals surface area contributed by atoms with E-state index in [4.69, 9.17) is 20.4 Å². The summed E-state index contributed by atoms with van der Waals surface area (Å²) in [7, 11) is 1.66. The second kappa shape index (κ2) is 6.41. The van der Waals surface area contributed by atoms with Crippen LogP contribution in [0, 0.1) is 0 Å². The van der Waals surface area contributed by atoms with Crippen LogP contribution < -0.4 is 15.8 Å². The molecule has 0 saturated heterocycles. The zero-order valence-corrected chi connectivity index (χ0v) is 13.9. The van der Waals surface area contributed by atoms with E-state index in [0.29, 0.717) is 13.1 Å². The Morgan fingerprint density at radius 1 is 1.12 bits per heavy atom. The van der Waals surface area contributed by atoms with Crippen LogP contribution in [0.3, 0.4) is 0 Å². The molecule has 126 valence electrons. The van der Waals surface area contributed by atoms with Crippen molar-refractivity contribution >= 4 is 22.5 Å². The molecule has 2 aromatic carbocycles. The summed E-state index contributed by atoms with van der Waals surface area (Å²) >= 11 is 0. The van der Waals surface area contributed by atoms with Gasteiger partial charge in [-0.25, -0.2) is 9.97 Å². The number of para-hydroxylation sites is 2. The zero-order chi connectivity index (χ0) is 17.2. The third-order valence-corrected chi connectivity index (χ3v) is 4.09. The van der Waals surface area contributed by atoms with E-state index in [9.17, 15) is 0 Å². The molecule has 0 aliphatic carbocycles. The lowest BCUT2D eigenvalue weighted by molar-refractivity contribution is 0.415. The fourth-order valence-electron chi connectivity index (χ4n) is 2.89. The van der Waals surface area contributed by atoms with Gasteiger partial charge in [0.25, 0.3) is 0 Å². The lowest BCUT2D eigenvalue weighted by Gasteiger charge is -2.08. The number of methoxy groups -OCH3 is 1. The average molecular weight is 333 g/mol. The normalized spacial score (nSPS) is 11.1. The van der Waals surface area contributed by atoms with E-state index < -0.39 is 0 Å². The Kier molecular flexibility index (Phi) is 3.95. The Bertz CT molecular complexity index is 1040. The maximum atomic E-state index is 5.63. The molecule has 4 aromatic rings. The largest absolute Gasteiger partial charge is 0.497 e. The van der Waals surface area contributed by atoms with Gasteiger partial charge in [0.2, 0.25) is 0 Å². The fraction of sp³-hybridized carbons (Fsp3) is 0.158. The van der Waals surface area contributed by atoms with Gasteiger partial charge in [-0.2, -0.15) is 0 Å². The molecule has 0 amide bonds. The highest BCUT2D eigenvalue weighted by Crippen LogP contribution is 2.27. The number of hydrogen-bond donors (Lipinski definition) is 2.